The second-order valence-electron chi connectivity index (χ2n) is 3.10. The minimum absolute atomic E-state index is 0.107. The summed E-state index contributed by atoms with van der Waals surface area (Å²) >= 11 is 0. The van der Waals surface area contributed by atoms with E-state index in [1.807, 2.05) is 0 Å². The maximum atomic E-state index is 11.5. The van der Waals surface area contributed by atoms with Gasteiger partial charge in [-0.15, -0.1) is 0 Å². The van der Waals surface area contributed by atoms with E-state index in [-0.39, 0.29) is 12.3 Å². The number of amides is 1. The fourth-order valence-corrected chi connectivity index (χ4v) is 1.05. The first-order valence-electron chi connectivity index (χ1n) is 4.39. The molecule has 0 saturated heterocycles. The average molecular weight is 209 g/mol. The smallest absolute Gasteiger partial charge is 0.305 e. The van der Waals surface area contributed by atoms with Crippen LogP contribution >= 0.6 is 0 Å². The molecule has 0 unspecified atom stereocenters. The molecule has 0 fully saturated rings. The Morgan fingerprint density at radius 1 is 1.53 bits per heavy atom. The summed E-state index contributed by atoms with van der Waals surface area (Å²) in [5.41, 5.74) is 0.363. The van der Waals surface area contributed by atoms with Gasteiger partial charge < -0.3 is 10.4 Å². The molecule has 15 heavy (non-hydrogen) atoms. The quantitative estimate of drug-likeness (QED) is 0.732. The Kier molecular flexibility index (Phi) is 3.73. The molecule has 0 aliphatic carbocycles. The molecule has 1 rings (SSSR count). The molecule has 80 valence electrons. The van der Waals surface area contributed by atoms with Gasteiger partial charge in [0.25, 0.3) is 5.91 Å². The number of nitrogens with zero attached hydrogens (tertiary/aromatic N) is 2. The molecule has 0 aliphatic heterocycles. The van der Waals surface area contributed by atoms with Crippen molar-refractivity contribution in [2.75, 3.05) is 0 Å². The lowest BCUT2D eigenvalue weighted by atomic mass is 10.2. The highest BCUT2D eigenvalue weighted by Gasteiger charge is 2.12. The molecule has 0 spiro atoms. The number of carboxylic acid groups (broad SMARTS) is 1. The lowest BCUT2D eigenvalue weighted by Crippen LogP contribution is -2.34. The Labute approximate surface area is 86.3 Å². The van der Waals surface area contributed by atoms with Crippen LogP contribution in [0.4, 0.5) is 0 Å². The minimum atomic E-state index is -0.948. The van der Waals surface area contributed by atoms with E-state index < -0.39 is 12.0 Å². The topological polar surface area (TPSA) is 92.2 Å². The van der Waals surface area contributed by atoms with E-state index in [2.05, 4.69) is 15.5 Å². The number of carbonyl (C=O) groups is 2. The van der Waals surface area contributed by atoms with Gasteiger partial charge in [0.2, 0.25) is 0 Å². The zero-order valence-electron chi connectivity index (χ0n) is 8.17. The molecule has 1 aromatic rings. The standard InChI is InChI=1S/C9H11N3O3/c1-6(4-8(13)14)12-9(15)7-2-3-10-11-5-7/h2-3,5-6H,4H2,1H3,(H,12,15)(H,13,14)/t6-/m1/s1. The zero-order valence-corrected chi connectivity index (χ0v) is 8.17. The number of aliphatic carboxylic acids is 1. The Bertz CT molecular complexity index is 353. The first-order valence-corrected chi connectivity index (χ1v) is 4.39. The van der Waals surface area contributed by atoms with Gasteiger partial charge in [0.15, 0.2) is 0 Å². The molecule has 1 atom stereocenters. The van der Waals surface area contributed by atoms with Gasteiger partial charge in [-0.1, -0.05) is 0 Å². The first-order chi connectivity index (χ1) is 7.09. The van der Waals surface area contributed by atoms with Crippen molar-refractivity contribution in [1.82, 2.24) is 15.5 Å². The summed E-state index contributed by atoms with van der Waals surface area (Å²) in [6, 6.07) is 1.10. The Morgan fingerprint density at radius 2 is 2.27 bits per heavy atom. The molecule has 0 bridgehead atoms. The van der Waals surface area contributed by atoms with E-state index in [9.17, 15) is 9.59 Å². The number of carbonyl (C=O) groups excluding carboxylic acids is 1. The molecule has 1 heterocycles. The van der Waals surface area contributed by atoms with Crippen molar-refractivity contribution in [2.45, 2.75) is 19.4 Å². The lowest BCUT2D eigenvalue weighted by molar-refractivity contribution is -0.137. The average Bonchev–Trinajstić information content (AvgIpc) is 2.17. The van der Waals surface area contributed by atoms with E-state index in [4.69, 9.17) is 5.11 Å². The van der Waals surface area contributed by atoms with Gasteiger partial charge in [-0.25, -0.2) is 0 Å². The van der Waals surface area contributed by atoms with Crippen molar-refractivity contribution in [1.29, 1.82) is 0 Å². The highest BCUT2D eigenvalue weighted by molar-refractivity contribution is 5.94. The van der Waals surface area contributed by atoms with Crippen LogP contribution in [0.3, 0.4) is 0 Å². The van der Waals surface area contributed by atoms with Gasteiger partial charge in [0.05, 0.1) is 24.4 Å². The predicted octanol–water partition coefficient (Wildman–Crippen LogP) is 0.0696. The number of carboxylic acids is 1. The Hall–Kier alpha value is -1.98. The van der Waals surface area contributed by atoms with Crippen molar-refractivity contribution in [2.24, 2.45) is 0 Å². The first kappa shape index (κ1) is 11.1. The molecule has 0 saturated carbocycles. The molecular formula is C9H11N3O3. The van der Waals surface area contributed by atoms with Crippen LogP contribution in [0, 0.1) is 0 Å². The summed E-state index contributed by atoms with van der Waals surface area (Å²) in [6.07, 6.45) is 2.61. The highest BCUT2D eigenvalue weighted by atomic mass is 16.4. The summed E-state index contributed by atoms with van der Waals surface area (Å²) in [5, 5.41) is 18.1. The summed E-state index contributed by atoms with van der Waals surface area (Å²) in [4.78, 5) is 21.8. The van der Waals surface area contributed by atoms with Crippen LogP contribution in [0.5, 0.6) is 0 Å². The fraction of sp³-hybridized carbons (Fsp3) is 0.333. The summed E-state index contributed by atoms with van der Waals surface area (Å²) in [5.74, 6) is -1.30. The predicted molar refractivity (Wildman–Crippen MR) is 51.2 cm³/mol. The summed E-state index contributed by atoms with van der Waals surface area (Å²) in [7, 11) is 0. The van der Waals surface area contributed by atoms with Crippen molar-refractivity contribution < 1.29 is 14.7 Å². The normalized spacial score (nSPS) is 11.8. The summed E-state index contributed by atoms with van der Waals surface area (Å²) < 4.78 is 0. The molecule has 2 N–H and O–H groups in total. The third kappa shape index (κ3) is 3.72. The molecule has 0 aliphatic rings. The largest absolute Gasteiger partial charge is 0.481 e. The molecule has 6 nitrogen and oxygen atoms in total. The number of aromatic nitrogens is 2. The molecule has 0 radical (unpaired) electrons. The van der Waals surface area contributed by atoms with Gasteiger partial charge >= 0.3 is 5.97 Å². The molecule has 1 aromatic heterocycles. The second kappa shape index (κ2) is 5.04. The van der Waals surface area contributed by atoms with E-state index >= 15 is 0 Å². The van der Waals surface area contributed by atoms with Crippen LogP contribution in [0.2, 0.25) is 0 Å². The third-order valence-corrected chi connectivity index (χ3v) is 1.70. The van der Waals surface area contributed by atoms with Crippen LogP contribution in [0.15, 0.2) is 18.5 Å². The van der Waals surface area contributed by atoms with Crippen LogP contribution in [-0.4, -0.2) is 33.2 Å². The van der Waals surface area contributed by atoms with Crippen molar-refractivity contribution in [3.05, 3.63) is 24.0 Å². The maximum Gasteiger partial charge on any atom is 0.305 e. The Morgan fingerprint density at radius 3 is 2.80 bits per heavy atom. The van der Waals surface area contributed by atoms with Gasteiger partial charge in [0.1, 0.15) is 0 Å². The van der Waals surface area contributed by atoms with E-state index in [0.29, 0.717) is 5.56 Å². The van der Waals surface area contributed by atoms with Crippen molar-refractivity contribution in [3.8, 4) is 0 Å². The SMILES string of the molecule is C[C@H](CC(=O)O)NC(=O)c1ccnnc1. The van der Waals surface area contributed by atoms with Crippen LogP contribution in [0.25, 0.3) is 0 Å². The number of hydrogen-bond donors (Lipinski definition) is 2. The Balaban J connectivity index is 2.53. The third-order valence-electron chi connectivity index (χ3n) is 1.70. The van der Waals surface area contributed by atoms with Gasteiger partial charge in [-0.2, -0.15) is 10.2 Å². The van der Waals surface area contributed by atoms with Gasteiger partial charge in [-0.3, -0.25) is 9.59 Å². The van der Waals surface area contributed by atoms with Gasteiger partial charge in [-0.05, 0) is 13.0 Å². The fourth-order valence-electron chi connectivity index (χ4n) is 1.05. The minimum Gasteiger partial charge on any atom is -0.481 e. The summed E-state index contributed by atoms with van der Waals surface area (Å²) in [6.45, 7) is 1.63. The van der Waals surface area contributed by atoms with Crippen molar-refractivity contribution >= 4 is 11.9 Å². The highest BCUT2D eigenvalue weighted by Crippen LogP contribution is 1.97. The number of nitrogens with one attached hydrogen (secondary N) is 1. The van der Waals surface area contributed by atoms with Crippen molar-refractivity contribution in [3.63, 3.8) is 0 Å². The number of hydrogen-bond acceptors (Lipinski definition) is 4. The van der Waals surface area contributed by atoms with Crippen LogP contribution in [0.1, 0.15) is 23.7 Å². The van der Waals surface area contributed by atoms with E-state index in [0.717, 1.165) is 0 Å². The van der Waals surface area contributed by atoms with E-state index in [1.165, 1.54) is 18.5 Å². The lowest BCUT2D eigenvalue weighted by Gasteiger charge is -2.10. The molecule has 6 heteroatoms. The zero-order chi connectivity index (χ0) is 11.3. The monoisotopic (exact) mass is 209 g/mol. The van der Waals surface area contributed by atoms with E-state index in [1.54, 1.807) is 6.92 Å². The molecular weight excluding hydrogens is 198 g/mol. The second-order valence-corrected chi connectivity index (χ2v) is 3.10. The van der Waals surface area contributed by atoms with Gasteiger partial charge in [0, 0.05) is 6.04 Å². The number of rotatable bonds is 4. The van der Waals surface area contributed by atoms with Crippen LogP contribution in [-0.2, 0) is 4.79 Å². The van der Waals surface area contributed by atoms with Crippen LogP contribution < -0.4 is 5.32 Å². The maximum absolute atomic E-state index is 11.5. The molecule has 1 amide bonds. The molecule has 0 aromatic carbocycles.